The number of benzene rings is 1. The van der Waals surface area contributed by atoms with Gasteiger partial charge in [-0.2, -0.15) is 0 Å². The fourth-order valence-electron chi connectivity index (χ4n) is 2.15. The molecule has 0 spiro atoms. The molecule has 0 radical (unpaired) electrons. The molecule has 0 aliphatic rings. The van der Waals surface area contributed by atoms with Gasteiger partial charge in [0.2, 0.25) is 0 Å². The van der Waals surface area contributed by atoms with E-state index in [1.54, 1.807) is 32.0 Å². The van der Waals surface area contributed by atoms with Crippen LogP contribution in [0.25, 0.3) is 0 Å². The maximum atomic E-state index is 13.4. The molecule has 1 aromatic carbocycles. The molecule has 1 heterocycles. The van der Waals surface area contributed by atoms with Crippen molar-refractivity contribution in [3.8, 4) is 5.75 Å². The molecule has 3 N–H and O–H groups in total. The van der Waals surface area contributed by atoms with Crippen molar-refractivity contribution < 1.29 is 23.4 Å². The van der Waals surface area contributed by atoms with E-state index in [4.69, 9.17) is 9.15 Å². The molecule has 0 aliphatic carbocycles. The number of carbonyl (C=O) groups excluding carboxylic acids is 1. The van der Waals surface area contributed by atoms with E-state index < -0.39 is 17.4 Å². The average Bonchev–Trinajstić information content (AvgIpc) is 2.98. The zero-order valence-corrected chi connectivity index (χ0v) is 13.9. The second kappa shape index (κ2) is 7.35. The monoisotopic (exact) mass is 336 g/mol. The van der Waals surface area contributed by atoms with Gasteiger partial charge in [-0.25, -0.2) is 9.18 Å². The number of aliphatic hydroxyl groups is 1. The topological polar surface area (TPSA) is 83.7 Å². The third-order valence-corrected chi connectivity index (χ3v) is 3.48. The number of urea groups is 1. The summed E-state index contributed by atoms with van der Waals surface area (Å²) in [5.74, 6) is 0.982. The van der Waals surface area contributed by atoms with Crippen LogP contribution in [0.15, 0.2) is 34.7 Å². The second-order valence-electron chi connectivity index (χ2n) is 5.72. The van der Waals surface area contributed by atoms with E-state index in [1.807, 2.05) is 0 Å². The quantitative estimate of drug-likeness (QED) is 0.756. The van der Waals surface area contributed by atoms with Crippen molar-refractivity contribution in [3.63, 3.8) is 0 Å². The van der Waals surface area contributed by atoms with Gasteiger partial charge < -0.3 is 24.9 Å². The summed E-state index contributed by atoms with van der Waals surface area (Å²) < 4.78 is 23.7. The molecule has 0 bridgehead atoms. The molecular formula is C17H21FN2O4. The third kappa shape index (κ3) is 4.73. The van der Waals surface area contributed by atoms with Crippen LogP contribution in [0.4, 0.5) is 9.18 Å². The van der Waals surface area contributed by atoms with Crippen molar-refractivity contribution in [1.82, 2.24) is 10.6 Å². The van der Waals surface area contributed by atoms with Crippen LogP contribution >= 0.6 is 0 Å². The van der Waals surface area contributed by atoms with Crippen LogP contribution in [0, 0.1) is 12.7 Å². The van der Waals surface area contributed by atoms with Crippen LogP contribution in [0.2, 0.25) is 0 Å². The minimum absolute atomic E-state index is 0.0295. The van der Waals surface area contributed by atoms with Crippen molar-refractivity contribution in [2.45, 2.75) is 26.0 Å². The molecule has 1 aromatic heterocycles. The number of methoxy groups -OCH3 is 1. The first-order valence-electron chi connectivity index (χ1n) is 7.44. The number of carbonyl (C=O) groups is 1. The molecule has 2 amide bonds. The van der Waals surface area contributed by atoms with E-state index in [-0.39, 0.29) is 13.1 Å². The first-order valence-corrected chi connectivity index (χ1v) is 7.44. The van der Waals surface area contributed by atoms with Gasteiger partial charge in [-0.05, 0) is 43.7 Å². The van der Waals surface area contributed by atoms with Gasteiger partial charge in [0.25, 0.3) is 0 Å². The molecule has 7 heteroatoms. The maximum Gasteiger partial charge on any atom is 0.315 e. The number of furan rings is 1. The molecule has 24 heavy (non-hydrogen) atoms. The second-order valence-corrected chi connectivity index (χ2v) is 5.72. The van der Waals surface area contributed by atoms with Gasteiger partial charge in [0.15, 0.2) is 0 Å². The van der Waals surface area contributed by atoms with Crippen LogP contribution in [0.3, 0.4) is 0 Å². The minimum atomic E-state index is -1.33. The molecular weight excluding hydrogens is 315 g/mol. The van der Waals surface area contributed by atoms with E-state index in [1.165, 1.54) is 19.2 Å². The van der Waals surface area contributed by atoms with Crippen LogP contribution < -0.4 is 15.4 Å². The smallest absolute Gasteiger partial charge is 0.315 e. The number of ether oxygens (including phenoxy) is 1. The minimum Gasteiger partial charge on any atom is -0.497 e. The fraction of sp³-hybridized carbons (Fsp3) is 0.353. The summed E-state index contributed by atoms with van der Waals surface area (Å²) in [4.78, 5) is 11.9. The number of aryl methyl sites for hydroxylation is 1. The first kappa shape index (κ1) is 17.8. The number of amides is 2. The van der Waals surface area contributed by atoms with Gasteiger partial charge in [0.05, 0.1) is 13.7 Å². The van der Waals surface area contributed by atoms with Gasteiger partial charge in [-0.15, -0.1) is 0 Å². The molecule has 0 fully saturated rings. The summed E-state index contributed by atoms with van der Waals surface area (Å²) in [6.07, 6.45) is 0. The van der Waals surface area contributed by atoms with Crippen LogP contribution in [-0.4, -0.2) is 24.8 Å². The summed E-state index contributed by atoms with van der Waals surface area (Å²) in [7, 11) is 1.44. The summed E-state index contributed by atoms with van der Waals surface area (Å²) >= 11 is 0. The average molecular weight is 336 g/mol. The lowest BCUT2D eigenvalue weighted by Crippen LogP contribution is -2.43. The molecule has 1 unspecified atom stereocenters. The van der Waals surface area contributed by atoms with Crippen LogP contribution in [0.5, 0.6) is 5.75 Å². The predicted molar refractivity (Wildman–Crippen MR) is 86.2 cm³/mol. The van der Waals surface area contributed by atoms with Gasteiger partial charge in [-0.3, -0.25) is 0 Å². The standard InChI is InChI=1S/C17H21FN2O4/c1-11-4-5-15(24-11)17(2,22)10-20-16(21)19-9-12-6-13(18)8-14(7-12)23-3/h4-8,22H,9-10H2,1-3H3,(H2,19,20,21). The fourth-order valence-corrected chi connectivity index (χ4v) is 2.15. The Morgan fingerprint density at radius 1 is 1.33 bits per heavy atom. The zero-order valence-electron chi connectivity index (χ0n) is 13.9. The van der Waals surface area contributed by atoms with Crippen LogP contribution in [-0.2, 0) is 12.1 Å². The van der Waals surface area contributed by atoms with E-state index in [0.29, 0.717) is 22.8 Å². The SMILES string of the molecule is COc1cc(F)cc(CNC(=O)NCC(C)(O)c2ccc(C)o2)c1. The Hall–Kier alpha value is -2.54. The summed E-state index contributed by atoms with van der Waals surface area (Å²) in [5, 5.41) is 15.5. The molecule has 6 nitrogen and oxygen atoms in total. The Bertz CT molecular complexity index is 712. The number of hydrogen-bond acceptors (Lipinski definition) is 4. The van der Waals surface area contributed by atoms with Gasteiger partial charge >= 0.3 is 6.03 Å². The highest BCUT2D eigenvalue weighted by Crippen LogP contribution is 2.21. The van der Waals surface area contributed by atoms with Crippen molar-refractivity contribution >= 4 is 6.03 Å². The van der Waals surface area contributed by atoms with Crippen LogP contribution in [0.1, 0.15) is 24.0 Å². The summed E-state index contributed by atoms with van der Waals surface area (Å²) in [5.41, 5.74) is -0.761. The van der Waals surface area contributed by atoms with Gasteiger partial charge in [-0.1, -0.05) is 0 Å². The lowest BCUT2D eigenvalue weighted by molar-refractivity contribution is 0.0360. The Morgan fingerprint density at radius 3 is 2.71 bits per heavy atom. The highest BCUT2D eigenvalue weighted by molar-refractivity contribution is 5.73. The molecule has 2 rings (SSSR count). The molecule has 0 saturated heterocycles. The highest BCUT2D eigenvalue weighted by atomic mass is 19.1. The molecule has 0 aliphatic heterocycles. The lowest BCUT2D eigenvalue weighted by Gasteiger charge is -2.21. The van der Waals surface area contributed by atoms with Crippen molar-refractivity contribution in [2.24, 2.45) is 0 Å². The van der Waals surface area contributed by atoms with Crippen molar-refractivity contribution in [2.75, 3.05) is 13.7 Å². The number of nitrogens with one attached hydrogen (secondary N) is 2. The third-order valence-electron chi connectivity index (χ3n) is 3.48. The number of rotatable bonds is 6. The molecule has 2 aromatic rings. The molecule has 0 saturated carbocycles. The normalized spacial score (nSPS) is 13.2. The maximum absolute atomic E-state index is 13.4. The Balaban J connectivity index is 1.86. The van der Waals surface area contributed by atoms with E-state index >= 15 is 0 Å². The Kier molecular flexibility index (Phi) is 5.46. The lowest BCUT2D eigenvalue weighted by atomic mass is 10.0. The Labute approximate surface area is 139 Å². The highest BCUT2D eigenvalue weighted by Gasteiger charge is 2.27. The summed E-state index contributed by atoms with van der Waals surface area (Å²) in [6, 6.07) is 7.11. The van der Waals surface area contributed by atoms with Crippen molar-refractivity contribution in [1.29, 1.82) is 0 Å². The predicted octanol–water partition coefficient (Wildman–Crippen LogP) is 2.44. The van der Waals surface area contributed by atoms with Crippen molar-refractivity contribution in [3.05, 3.63) is 53.2 Å². The largest absolute Gasteiger partial charge is 0.497 e. The number of halogens is 1. The van der Waals surface area contributed by atoms with E-state index in [9.17, 15) is 14.3 Å². The van der Waals surface area contributed by atoms with E-state index in [2.05, 4.69) is 10.6 Å². The molecule has 130 valence electrons. The summed E-state index contributed by atoms with van der Waals surface area (Å²) in [6.45, 7) is 3.41. The van der Waals surface area contributed by atoms with Gasteiger partial charge in [0.1, 0.15) is 28.7 Å². The molecule has 1 atom stereocenters. The van der Waals surface area contributed by atoms with E-state index in [0.717, 1.165) is 0 Å². The Morgan fingerprint density at radius 2 is 2.08 bits per heavy atom. The zero-order chi connectivity index (χ0) is 17.7. The first-order chi connectivity index (χ1) is 11.3. The number of hydrogen-bond donors (Lipinski definition) is 3. The van der Waals surface area contributed by atoms with Gasteiger partial charge in [0, 0.05) is 12.6 Å².